The summed E-state index contributed by atoms with van der Waals surface area (Å²) in [6.45, 7) is 5.13. The molecule has 0 aliphatic carbocycles. The van der Waals surface area contributed by atoms with E-state index in [4.69, 9.17) is 0 Å². The molecule has 0 aliphatic heterocycles. The van der Waals surface area contributed by atoms with Crippen molar-refractivity contribution < 1.29 is 4.39 Å². The highest BCUT2D eigenvalue weighted by Crippen LogP contribution is 2.25. The number of aryl methyl sites for hydroxylation is 1. The summed E-state index contributed by atoms with van der Waals surface area (Å²) >= 11 is 1.90. The molecule has 1 nitrogen and oxygen atoms in total. The lowest BCUT2D eigenvalue weighted by molar-refractivity contribution is 0.628. The molecule has 0 atom stereocenters. The van der Waals surface area contributed by atoms with Crippen molar-refractivity contribution in [2.75, 3.05) is 5.75 Å². The van der Waals surface area contributed by atoms with E-state index in [0.29, 0.717) is 0 Å². The second-order valence-corrected chi connectivity index (χ2v) is 5.01. The van der Waals surface area contributed by atoms with Crippen molar-refractivity contribution in [2.45, 2.75) is 26.1 Å². The van der Waals surface area contributed by atoms with Crippen LogP contribution in [0, 0.1) is 5.82 Å². The molecule has 1 heterocycles. The van der Waals surface area contributed by atoms with Crippen molar-refractivity contribution in [3.63, 3.8) is 0 Å². The number of benzene rings is 1. The number of rotatable bonds is 4. The van der Waals surface area contributed by atoms with Crippen LogP contribution in [-0.2, 0) is 12.3 Å². The first-order chi connectivity index (χ1) is 7.76. The molecule has 2 aromatic rings. The minimum Gasteiger partial charge on any atom is -0.347 e. The van der Waals surface area contributed by atoms with Crippen LogP contribution < -0.4 is 0 Å². The van der Waals surface area contributed by atoms with E-state index in [0.717, 1.165) is 23.6 Å². The Morgan fingerprint density at radius 1 is 1.31 bits per heavy atom. The number of fused-ring (bicyclic) bond motifs is 1. The van der Waals surface area contributed by atoms with E-state index >= 15 is 0 Å². The summed E-state index contributed by atoms with van der Waals surface area (Å²) in [4.78, 5) is 0. The van der Waals surface area contributed by atoms with Gasteiger partial charge in [0, 0.05) is 23.9 Å². The summed E-state index contributed by atoms with van der Waals surface area (Å²) in [6, 6.07) is 5.06. The van der Waals surface area contributed by atoms with E-state index in [2.05, 4.69) is 24.6 Å². The number of aromatic nitrogens is 1. The Hall–Kier alpha value is -0.960. The zero-order chi connectivity index (χ0) is 11.5. The van der Waals surface area contributed by atoms with Crippen LogP contribution in [0.15, 0.2) is 24.4 Å². The number of nitrogens with zero attached hydrogens (tertiary/aromatic N) is 1. The van der Waals surface area contributed by atoms with Crippen LogP contribution in [-0.4, -0.2) is 10.3 Å². The third-order valence-electron chi connectivity index (χ3n) is 2.73. The van der Waals surface area contributed by atoms with Crippen molar-refractivity contribution in [3.05, 3.63) is 35.8 Å². The number of thioether (sulfide) groups is 1. The molecule has 0 unspecified atom stereocenters. The second kappa shape index (κ2) is 4.91. The van der Waals surface area contributed by atoms with Gasteiger partial charge in [0.15, 0.2) is 0 Å². The quantitative estimate of drug-likeness (QED) is 0.776. The molecule has 0 N–H and O–H groups in total. The average Bonchev–Trinajstić information content (AvgIpc) is 2.63. The van der Waals surface area contributed by atoms with E-state index in [9.17, 15) is 4.39 Å². The van der Waals surface area contributed by atoms with Gasteiger partial charge in [0.05, 0.1) is 5.52 Å². The van der Waals surface area contributed by atoms with Gasteiger partial charge in [-0.05, 0) is 36.4 Å². The van der Waals surface area contributed by atoms with Gasteiger partial charge in [-0.1, -0.05) is 6.92 Å². The number of hydrogen-bond donors (Lipinski definition) is 0. The molecular formula is C13H16FNS. The fourth-order valence-corrected chi connectivity index (χ4v) is 2.58. The molecular weight excluding hydrogens is 221 g/mol. The Labute approximate surface area is 99.6 Å². The summed E-state index contributed by atoms with van der Waals surface area (Å²) in [5.41, 5.74) is 2.32. The van der Waals surface area contributed by atoms with E-state index in [-0.39, 0.29) is 5.82 Å². The predicted molar refractivity (Wildman–Crippen MR) is 69.4 cm³/mol. The molecule has 0 radical (unpaired) electrons. The molecule has 3 heteroatoms. The van der Waals surface area contributed by atoms with Crippen molar-refractivity contribution in [1.29, 1.82) is 0 Å². The fourth-order valence-electron chi connectivity index (χ4n) is 1.93. The lowest BCUT2D eigenvalue weighted by Gasteiger charge is -1.99. The molecule has 1 aromatic heterocycles. The van der Waals surface area contributed by atoms with Gasteiger partial charge in [0.1, 0.15) is 5.82 Å². The highest BCUT2D eigenvalue weighted by Gasteiger charge is 2.08. The molecule has 0 fully saturated rings. The van der Waals surface area contributed by atoms with Crippen molar-refractivity contribution in [1.82, 2.24) is 4.57 Å². The van der Waals surface area contributed by atoms with E-state index in [1.165, 1.54) is 10.9 Å². The molecule has 0 saturated carbocycles. The predicted octanol–water partition coefficient (Wildman–Crippen LogP) is 4.05. The first-order valence-corrected chi connectivity index (χ1v) is 6.76. The molecule has 0 spiro atoms. The van der Waals surface area contributed by atoms with Gasteiger partial charge in [-0.2, -0.15) is 11.8 Å². The third-order valence-corrected chi connectivity index (χ3v) is 3.65. The van der Waals surface area contributed by atoms with Gasteiger partial charge in [-0.25, -0.2) is 4.39 Å². The summed E-state index contributed by atoms with van der Waals surface area (Å²) in [7, 11) is 0. The van der Waals surface area contributed by atoms with Gasteiger partial charge in [-0.3, -0.25) is 0 Å². The highest BCUT2D eigenvalue weighted by atomic mass is 32.2. The lowest BCUT2D eigenvalue weighted by Crippen LogP contribution is -1.90. The first kappa shape index (κ1) is 11.5. The highest BCUT2D eigenvalue weighted by molar-refractivity contribution is 7.98. The van der Waals surface area contributed by atoms with Gasteiger partial charge < -0.3 is 4.57 Å². The van der Waals surface area contributed by atoms with Gasteiger partial charge >= 0.3 is 0 Å². The minimum absolute atomic E-state index is 0.157. The largest absolute Gasteiger partial charge is 0.347 e. The monoisotopic (exact) mass is 237 g/mol. The molecule has 0 saturated heterocycles. The van der Waals surface area contributed by atoms with Crippen LogP contribution >= 0.6 is 11.8 Å². The Kier molecular flexibility index (Phi) is 3.54. The Bertz CT molecular complexity index is 490. The maximum Gasteiger partial charge on any atom is 0.125 e. The normalized spacial score (nSPS) is 11.2. The zero-order valence-electron chi connectivity index (χ0n) is 9.66. The van der Waals surface area contributed by atoms with Gasteiger partial charge in [0.25, 0.3) is 0 Å². The Morgan fingerprint density at radius 3 is 2.81 bits per heavy atom. The summed E-state index contributed by atoms with van der Waals surface area (Å²) in [5, 5.41) is 1.18. The van der Waals surface area contributed by atoms with Crippen LogP contribution in [0.25, 0.3) is 10.9 Å². The Morgan fingerprint density at radius 2 is 2.12 bits per heavy atom. The average molecular weight is 237 g/mol. The summed E-state index contributed by atoms with van der Waals surface area (Å²) < 4.78 is 15.3. The standard InChI is InChI=1S/C13H16FNS/c1-3-15-8-10(9-16-4-2)12-6-5-11(14)7-13(12)15/h5-8H,3-4,9H2,1-2H3. The molecule has 16 heavy (non-hydrogen) atoms. The smallest absolute Gasteiger partial charge is 0.125 e. The van der Waals surface area contributed by atoms with Gasteiger partial charge in [-0.15, -0.1) is 0 Å². The van der Waals surface area contributed by atoms with Crippen LogP contribution in [0.5, 0.6) is 0 Å². The lowest BCUT2D eigenvalue weighted by atomic mass is 10.2. The summed E-state index contributed by atoms with van der Waals surface area (Å²) in [6.07, 6.45) is 2.15. The van der Waals surface area contributed by atoms with E-state index < -0.39 is 0 Å². The van der Waals surface area contributed by atoms with Crippen LogP contribution in [0.1, 0.15) is 19.4 Å². The number of halogens is 1. The van der Waals surface area contributed by atoms with Crippen molar-refractivity contribution >= 4 is 22.7 Å². The van der Waals surface area contributed by atoms with Crippen molar-refractivity contribution in [2.24, 2.45) is 0 Å². The van der Waals surface area contributed by atoms with E-state index in [1.54, 1.807) is 12.1 Å². The van der Waals surface area contributed by atoms with Crippen LogP contribution in [0.2, 0.25) is 0 Å². The molecule has 2 rings (SSSR count). The maximum atomic E-state index is 13.2. The number of hydrogen-bond acceptors (Lipinski definition) is 1. The zero-order valence-corrected chi connectivity index (χ0v) is 10.5. The van der Waals surface area contributed by atoms with Crippen LogP contribution in [0.3, 0.4) is 0 Å². The molecule has 1 aromatic carbocycles. The topological polar surface area (TPSA) is 4.93 Å². The minimum atomic E-state index is -0.157. The molecule has 0 aliphatic rings. The Balaban J connectivity index is 2.50. The van der Waals surface area contributed by atoms with Crippen LogP contribution in [0.4, 0.5) is 4.39 Å². The van der Waals surface area contributed by atoms with Crippen molar-refractivity contribution in [3.8, 4) is 0 Å². The van der Waals surface area contributed by atoms with E-state index in [1.807, 2.05) is 17.8 Å². The second-order valence-electron chi connectivity index (χ2n) is 3.74. The maximum absolute atomic E-state index is 13.2. The molecule has 0 bridgehead atoms. The third kappa shape index (κ3) is 2.09. The SMILES string of the molecule is CCSCc1cn(CC)c2cc(F)ccc12. The van der Waals surface area contributed by atoms with Gasteiger partial charge in [0.2, 0.25) is 0 Å². The molecule has 0 amide bonds. The fraction of sp³-hybridized carbons (Fsp3) is 0.385. The summed E-state index contributed by atoms with van der Waals surface area (Å²) in [5.74, 6) is 1.96. The molecule has 86 valence electrons. The first-order valence-electron chi connectivity index (χ1n) is 5.61.